The lowest BCUT2D eigenvalue weighted by atomic mass is 10.2. The zero-order valence-corrected chi connectivity index (χ0v) is 11.6. The topological polar surface area (TPSA) is 42.0 Å². The van der Waals surface area contributed by atoms with Crippen LogP contribution < -0.4 is 5.32 Å². The number of carbonyl (C=O) groups excluding carboxylic acids is 1. The average Bonchev–Trinajstić information content (AvgIpc) is 2.41. The van der Waals surface area contributed by atoms with E-state index in [1.807, 2.05) is 0 Å². The van der Waals surface area contributed by atoms with E-state index in [1.165, 1.54) is 24.5 Å². The first kappa shape index (κ1) is 14.7. The molecule has 0 saturated heterocycles. The van der Waals surface area contributed by atoms with Crippen LogP contribution in [0.4, 0.5) is 14.5 Å². The number of halogens is 3. The van der Waals surface area contributed by atoms with E-state index in [9.17, 15) is 13.6 Å². The molecule has 0 aliphatic carbocycles. The molecule has 104 valence electrons. The molecule has 20 heavy (non-hydrogen) atoms. The molecule has 1 N–H and O–H groups in total. The molecular formula is C13H9ClF2N2OS. The van der Waals surface area contributed by atoms with Crippen LogP contribution >= 0.6 is 23.4 Å². The van der Waals surface area contributed by atoms with Crippen LogP contribution in [0.3, 0.4) is 0 Å². The molecule has 0 atom stereocenters. The molecule has 1 heterocycles. The normalized spacial score (nSPS) is 10.6. The summed E-state index contributed by atoms with van der Waals surface area (Å²) in [7, 11) is 0. The number of para-hydroxylation sites is 1. The summed E-state index contributed by atoms with van der Waals surface area (Å²) in [5.74, 6) is -3.03. The minimum Gasteiger partial charge on any atom is -0.321 e. The van der Waals surface area contributed by atoms with Gasteiger partial charge in [-0.05, 0) is 18.2 Å². The van der Waals surface area contributed by atoms with Gasteiger partial charge in [0.15, 0.2) is 0 Å². The van der Waals surface area contributed by atoms with E-state index in [-0.39, 0.29) is 10.6 Å². The third-order valence-electron chi connectivity index (χ3n) is 2.37. The van der Waals surface area contributed by atoms with Crippen LogP contribution in [0.25, 0.3) is 0 Å². The van der Waals surface area contributed by atoms with Crippen molar-refractivity contribution in [2.24, 2.45) is 0 Å². The minimum absolute atomic E-state index is 0.198. The molecule has 3 nitrogen and oxygen atoms in total. The fourth-order valence-electron chi connectivity index (χ4n) is 1.52. The number of carbonyl (C=O) groups is 1. The van der Waals surface area contributed by atoms with Crippen LogP contribution in [0, 0.1) is 0 Å². The van der Waals surface area contributed by atoms with Crippen LogP contribution in [0.1, 0.15) is 10.4 Å². The second kappa shape index (κ2) is 6.67. The number of hydrogen-bond acceptors (Lipinski definition) is 3. The van der Waals surface area contributed by atoms with Crippen molar-refractivity contribution < 1.29 is 13.6 Å². The molecule has 0 saturated carbocycles. The number of hydrogen-bond donors (Lipinski definition) is 1. The second-order valence-corrected chi connectivity index (χ2v) is 5.12. The van der Waals surface area contributed by atoms with E-state index in [0.29, 0.717) is 22.3 Å². The number of thioether (sulfide) groups is 1. The first-order valence-corrected chi connectivity index (χ1v) is 6.78. The fourth-order valence-corrected chi connectivity index (χ4v) is 2.32. The average molecular weight is 315 g/mol. The summed E-state index contributed by atoms with van der Waals surface area (Å²) < 4.78 is 24.9. The quantitative estimate of drug-likeness (QED) is 0.855. The van der Waals surface area contributed by atoms with Gasteiger partial charge in [0.05, 0.1) is 16.3 Å². The summed E-state index contributed by atoms with van der Waals surface area (Å²) in [6.07, 6.45) is 2.77. The number of alkyl halides is 2. The molecule has 2 aromatic rings. The highest BCUT2D eigenvalue weighted by Crippen LogP contribution is 2.32. The fraction of sp³-hybridized carbons (Fsp3) is 0.0769. The Morgan fingerprint density at radius 2 is 2.05 bits per heavy atom. The van der Waals surface area contributed by atoms with E-state index in [2.05, 4.69) is 10.3 Å². The van der Waals surface area contributed by atoms with Gasteiger partial charge >= 0.3 is 0 Å². The van der Waals surface area contributed by atoms with Crippen molar-refractivity contribution in [3.05, 3.63) is 53.3 Å². The molecule has 0 fully saturated rings. The lowest BCUT2D eigenvalue weighted by molar-refractivity contribution is 0.102. The molecule has 1 aromatic carbocycles. The van der Waals surface area contributed by atoms with Gasteiger partial charge in [0, 0.05) is 17.3 Å². The van der Waals surface area contributed by atoms with E-state index < -0.39 is 11.7 Å². The maximum absolute atomic E-state index is 12.4. The zero-order valence-electron chi connectivity index (χ0n) is 10.0. The van der Waals surface area contributed by atoms with Crippen molar-refractivity contribution in [1.82, 2.24) is 4.98 Å². The highest BCUT2D eigenvalue weighted by atomic mass is 35.5. The Balaban J connectivity index is 2.22. The summed E-state index contributed by atoms with van der Waals surface area (Å²) in [5.41, 5.74) is 0.550. The Kier molecular flexibility index (Phi) is 4.92. The molecular weight excluding hydrogens is 306 g/mol. The smallest absolute Gasteiger partial charge is 0.288 e. The Morgan fingerprint density at radius 1 is 1.30 bits per heavy atom. The second-order valence-electron chi connectivity index (χ2n) is 3.68. The van der Waals surface area contributed by atoms with Crippen molar-refractivity contribution in [2.75, 3.05) is 5.32 Å². The molecule has 0 aliphatic heterocycles. The summed E-state index contributed by atoms with van der Waals surface area (Å²) in [6.45, 7) is 0. The van der Waals surface area contributed by atoms with Gasteiger partial charge in [-0.1, -0.05) is 35.5 Å². The van der Waals surface area contributed by atoms with Crippen LogP contribution in [-0.4, -0.2) is 16.6 Å². The lowest BCUT2D eigenvalue weighted by Crippen LogP contribution is -2.13. The van der Waals surface area contributed by atoms with Gasteiger partial charge in [-0.25, -0.2) is 0 Å². The molecule has 0 unspecified atom stereocenters. The van der Waals surface area contributed by atoms with Gasteiger partial charge < -0.3 is 5.32 Å². The predicted molar refractivity (Wildman–Crippen MR) is 75.5 cm³/mol. The van der Waals surface area contributed by atoms with Gasteiger partial charge in [-0.2, -0.15) is 8.78 Å². The van der Waals surface area contributed by atoms with Crippen molar-refractivity contribution in [2.45, 2.75) is 10.7 Å². The van der Waals surface area contributed by atoms with E-state index in [4.69, 9.17) is 11.6 Å². The number of nitrogens with one attached hydrogen (secondary N) is 1. The SMILES string of the molecule is O=C(Nc1ccccc1SC(F)F)c1ccncc1Cl. The molecule has 1 amide bonds. The highest BCUT2D eigenvalue weighted by molar-refractivity contribution is 7.99. The minimum atomic E-state index is -2.56. The molecule has 2 rings (SSSR count). The molecule has 0 radical (unpaired) electrons. The van der Waals surface area contributed by atoms with Crippen molar-refractivity contribution in [1.29, 1.82) is 0 Å². The Bertz CT molecular complexity index is 625. The Labute approximate surface area is 123 Å². The van der Waals surface area contributed by atoms with Crippen LogP contribution in [-0.2, 0) is 0 Å². The van der Waals surface area contributed by atoms with Crippen molar-refractivity contribution in [3.8, 4) is 0 Å². The first-order valence-electron chi connectivity index (χ1n) is 5.52. The summed E-state index contributed by atoms with van der Waals surface area (Å²) in [6, 6.07) is 7.80. The molecule has 0 bridgehead atoms. The maximum Gasteiger partial charge on any atom is 0.288 e. The van der Waals surface area contributed by atoms with E-state index in [1.54, 1.807) is 18.2 Å². The number of benzene rings is 1. The number of amides is 1. The largest absolute Gasteiger partial charge is 0.321 e. The molecule has 0 spiro atoms. The Hall–Kier alpha value is -1.66. The van der Waals surface area contributed by atoms with Crippen molar-refractivity contribution >= 4 is 35.0 Å². The Morgan fingerprint density at radius 3 is 2.75 bits per heavy atom. The summed E-state index contributed by atoms with van der Waals surface area (Å²) >= 11 is 6.23. The predicted octanol–water partition coefficient (Wildman–Crippen LogP) is 4.30. The monoisotopic (exact) mass is 314 g/mol. The number of aromatic nitrogens is 1. The highest BCUT2D eigenvalue weighted by Gasteiger charge is 2.14. The van der Waals surface area contributed by atoms with Crippen molar-refractivity contribution in [3.63, 3.8) is 0 Å². The molecule has 1 aromatic heterocycles. The number of rotatable bonds is 4. The van der Waals surface area contributed by atoms with Crippen LogP contribution in [0.5, 0.6) is 0 Å². The van der Waals surface area contributed by atoms with Gasteiger partial charge in [0.25, 0.3) is 11.7 Å². The maximum atomic E-state index is 12.4. The third-order valence-corrected chi connectivity index (χ3v) is 3.46. The van der Waals surface area contributed by atoms with Gasteiger partial charge in [-0.15, -0.1) is 0 Å². The number of anilines is 1. The van der Waals surface area contributed by atoms with E-state index in [0.717, 1.165) is 0 Å². The first-order chi connectivity index (χ1) is 9.58. The van der Waals surface area contributed by atoms with Gasteiger partial charge in [0.2, 0.25) is 0 Å². The molecule has 7 heteroatoms. The van der Waals surface area contributed by atoms with Crippen LogP contribution in [0.2, 0.25) is 5.02 Å². The molecule has 0 aliphatic rings. The summed E-state index contributed by atoms with van der Waals surface area (Å²) in [5, 5.41) is 2.77. The number of pyridine rings is 1. The standard InChI is InChI=1S/C13H9ClF2N2OS/c14-9-7-17-6-5-8(9)12(19)18-10-3-1-2-4-11(10)20-13(15)16/h1-7,13H,(H,18,19). The summed E-state index contributed by atoms with van der Waals surface area (Å²) in [4.78, 5) is 16.1. The van der Waals surface area contributed by atoms with E-state index >= 15 is 0 Å². The van der Waals surface area contributed by atoms with Gasteiger partial charge in [0.1, 0.15) is 0 Å². The van der Waals surface area contributed by atoms with Gasteiger partial charge in [-0.3, -0.25) is 9.78 Å². The lowest BCUT2D eigenvalue weighted by Gasteiger charge is -2.10. The zero-order chi connectivity index (χ0) is 14.5. The number of nitrogens with zero attached hydrogens (tertiary/aromatic N) is 1. The van der Waals surface area contributed by atoms with Crippen LogP contribution in [0.15, 0.2) is 47.6 Å². The third kappa shape index (κ3) is 3.68.